The lowest BCUT2D eigenvalue weighted by Crippen LogP contribution is -2.17. The van der Waals surface area contributed by atoms with Gasteiger partial charge in [0.15, 0.2) is 5.16 Å². The van der Waals surface area contributed by atoms with Crippen molar-refractivity contribution >= 4 is 17.5 Å². The van der Waals surface area contributed by atoms with Gasteiger partial charge in [0.1, 0.15) is 0 Å². The lowest BCUT2D eigenvalue weighted by molar-refractivity contribution is 0.573. The second kappa shape index (κ2) is 6.13. The van der Waals surface area contributed by atoms with Crippen molar-refractivity contribution in [3.8, 4) is 0 Å². The van der Waals surface area contributed by atoms with Crippen LogP contribution in [0.2, 0.25) is 0 Å². The molecule has 8 heteroatoms. The van der Waals surface area contributed by atoms with Gasteiger partial charge in [-0.15, -0.1) is 5.10 Å². The van der Waals surface area contributed by atoms with Crippen LogP contribution >= 0.6 is 11.8 Å². The average molecular weight is 304 g/mol. The molecule has 3 aromatic heterocycles. The number of nitrogens with zero attached hydrogens (tertiary/aromatic N) is 5. The maximum Gasteiger partial charge on any atom is 0.343 e. The maximum absolute atomic E-state index is 11.7. The highest BCUT2D eigenvalue weighted by Crippen LogP contribution is 2.19. The van der Waals surface area contributed by atoms with Crippen LogP contribution in [0.15, 0.2) is 34.6 Å². The zero-order valence-electron chi connectivity index (χ0n) is 11.7. The molecule has 0 saturated heterocycles. The van der Waals surface area contributed by atoms with Crippen LogP contribution in [0.25, 0.3) is 5.78 Å². The zero-order chi connectivity index (χ0) is 14.7. The van der Waals surface area contributed by atoms with E-state index in [4.69, 9.17) is 0 Å². The van der Waals surface area contributed by atoms with Gasteiger partial charge in [-0.25, -0.2) is 19.9 Å². The molecule has 3 heterocycles. The van der Waals surface area contributed by atoms with E-state index < -0.39 is 0 Å². The molecule has 7 nitrogen and oxygen atoms in total. The SMILES string of the molecule is CCCCn1c(SCc2cn3cccnc3n2)n[nH]c1=O. The molecule has 3 aromatic rings. The third-order valence-electron chi connectivity index (χ3n) is 3.09. The van der Waals surface area contributed by atoms with E-state index in [9.17, 15) is 4.79 Å². The summed E-state index contributed by atoms with van der Waals surface area (Å²) in [5, 5.41) is 7.29. The van der Waals surface area contributed by atoms with Crippen LogP contribution in [0, 0.1) is 0 Å². The zero-order valence-corrected chi connectivity index (χ0v) is 12.5. The summed E-state index contributed by atoms with van der Waals surface area (Å²) in [4.78, 5) is 20.3. The van der Waals surface area contributed by atoms with Gasteiger partial charge in [0.05, 0.1) is 5.69 Å². The lowest BCUT2D eigenvalue weighted by atomic mass is 10.3. The molecule has 0 unspecified atom stereocenters. The average Bonchev–Trinajstić information content (AvgIpc) is 3.06. The Morgan fingerprint density at radius 3 is 3.14 bits per heavy atom. The molecule has 0 radical (unpaired) electrons. The largest absolute Gasteiger partial charge is 0.343 e. The van der Waals surface area contributed by atoms with Crippen LogP contribution in [0.5, 0.6) is 0 Å². The van der Waals surface area contributed by atoms with Crippen molar-refractivity contribution in [1.82, 2.24) is 29.1 Å². The van der Waals surface area contributed by atoms with Crippen LogP contribution in [0.1, 0.15) is 25.5 Å². The Morgan fingerprint density at radius 1 is 1.43 bits per heavy atom. The first kappa shape index (κ1) is 13.9. The molecule has 21 heavy (non-hydrogen) atoms. The highest BCUT2D eigenvalue weighted by Gasteiger charge is 2.10. The first-order valence-electron chi connectivity index (χ1n) is 6.84. The molecule has 0 bridgehead atoms. The van der Waals surface area contributed by atoms with Crippen molar-refractivity contribution < 1.29 is 0 Å². The Hall–Kier alpha value is -2.09. The summed E-state index contributed by atoms with van der Waals surface area (Å²) in [6.45, 7) is 2.79. The van der Waals surface area contributed by atoms with Gasteiger partial charge < -0.3 is 0 Å². The van der Waals surface area contributed by atoms with E-state index in [-0.39, 0.29) is 5.69 Å². The smallest absolute Gasteiger partial charge is 0.291 e. The number of fused-ring (bicyclic) bond motifs is 1. The molecule has 0 spiro atoms. The third-order valence-corrected chi connectivity index (χ3v) is 4.10. The fourth-order valence-electron chi connectivity index (χ4n) is 2.01. The van der Waals surface area contributed by atoms with E-state index >= 15 is 0 Å². The minimum Gasteiger partial charge on any atom is -0.291 e. The minimum absolute atomic E-state index is 0.150. The molecule has 0 aliphatic carbocycles. The molecule has 1 N–H and O–H groups in total. The standard InChI is InChI=1S/C13H16N6OS/c1-2-3-7-19-12(20)16-17-13(19)21-9-10-8-18-6-4-5-14-11(18)15-10/h4-6,8H,2-3,7,9H2,1H3,(H,16,20). The second-order valence-corrected chi connectivity index (χ2v) is 5.61. The van der Waals surface area contributed by atoms with Gasteiger partial charge in [0.2, 0.25) is 5.78 Å². The quantitative estimate of drug-likeness (QED) is 0.701. The van der Waals surface area contributed by atoms with Crippen molar-refractivity contribution in [2.24, 2.45) is 0 Å². The van der Waals surface area contributed by atoms with Crippen molar-refractivity contribution in [2.75, 3.05) is 0 Å². The summed E-state index contributed by atoms with van der Waals surface area (Å²) in [7, 11) is 0. The van der Waals surface area contributed by atoms with Crippen molar-refractivity contribution in [1.29, 1.82) is 0 Å². The van der Waals surface area contributed by atoms with Gasteiger partial charge in [-0.3, -0.25) is 8.97 Å². The number of aromatic nitrogens is 6. The van der Waals surface area contributed by atoms with Gasteiger partial charge in [0.25, 0.3) is 0 Å². The van der Waals surface area contributed by atoms with E-state index in [2.05, 4.69) is 27.1 Å². The fourth-order valence-corrected chi connectivity index (χ4v) is 2.87. The van der Waals surface area contributed by atoms with Gasteiger partial charge in [0, 0.05) is 30.9 Å². The van der Waals surface area contributed by atoms with E-state index in [1.54, 1.807) is 10.8 Å². The fraction of sp³-hybridized carbons (Fsp3) is 0.385. The highest BCUT2D eigenvalue weighted by atomic mass is 32.2. The van der Waals surface area contributed by atoms with Crippen LogP contribution in [-0.4, -0.2) is 29.1 Å². The molecule has 3 rings (SSSR count). The van der Waals surface area contributed by atoms with Crippen molar-refractivity contribution in [3.05, 3.63) is 40.8 Å². The Kier molecular flexibility index (Phi) is 4.05. The summed E-state index contributed by atoms with van der Waals surface area (Å²) in [5.74, 6) is 1.33. The van der Waals surface area contributed by atoms with Gasteiger partial charge >= 0.3 is 5.69 Å². The van der Waals surface area contributed by atoms with Gasteiger partial charge in [-0.05, 0) is 12.5 Å². The maximum atomic E-state index is 11.7. The van der Waals surface area contributed by atoms with E-state index in [0.29, 0.717) is 23.2 Å². The molecule has 0 saturated carbocycles. The predicted molar refractivity (Wildman–Crippen MR) is 80.3 cm³/mol. The second-order valence-electron chi connectivity index (χ2n) is 4.66. The van der Waals surface area contributed by atoms with E-state index in [1.807, 2.05) is 22.9 Å². The van der Waals surface area contributed by atoms with Gasteiger partial charge in [-0.2, -0.15) is 0 Å². The number of imidazole rings is 1. The van der Waals surface area contributed by atoms with Gasteiger partial charge in [-0.1, -0.05) is 25.1 Å². The van der Waals surface area contributed by atoms with E-state index in [0.717, 1.165) is 18.5 Å². The molecule has 0 atom stereocenters. The molecule has 0 aromatic carbocycles. The number of rotatable bonds is 6. The predicted octanol–water partition coefficient (Wildman–Crippen LogP) is 1.71. The lowest BCUT2D eigenvalue weighted by Gasteiger charge is -2.02. The molecule has 110 valence electrons. The first-order chi connectivity index (χ1) is 10.3. The van der Waals surface area contributed by atoms with Crippen LogP contribution in [-0.2, 0) is 12.3 Å². The Balaban J connectivity index is 1.74. The van der Waals surface area contributed by atoms with E-state index in [1.165, 1.54) is 11.8 Å². The normalized spacial score (nSPS) is 11.3. The number of hydrogen-bond acceptors (Lipinski definition) is 5. The molecule has 0 fully saturated rings. The highest BCUT2D eigenvalue weighted by molar-refractivity contribution is 7.98. The molecular weight excluding hydrogens is 288 g/mol. The van der Waals surface area contributed by atoms with Crippen LogP contribution in [0.4, 0.5) is 0 Å². The molecule has 0 amide bonds. The van der Waals surface area contributed by atoms with Crippen molar-refractivity contribution in [2.45, 2.75) is 37.2 Å². The number of unbranched alkanes of at least 4 members (excludes halogenated alkanes) is 1. The number of aromatic amines is 1. The molecule has 0 aliphatic rings. The number of hydrogen-bond donors (Lipinski definition) is 1. The molecule has 0 aliphatic heterocycles. The topological polar surface area (TPSA) is 80.9 Å². The first-order valence-corrected chi connectivity index (χ1v) is 7.83. The third kappa shape index (κ3) is 2.99. The summed E-state index contributed by atoms with van der Waals surface area (Å²) in [6.07, 6.45) is 7.58. The summed E-state index contributed by atoms with van der Waals surface area (Å²) < 4.78 is 3.56. The Bertz CT molecular complexity index is 756. The Morgan fingerprint density at radius 2 is 2.33 bits per heavy atom. The summed E-state index contributed by atoms with van der Waals surface area (Å²) >= 11 is 1.50. The minimum atomic E-state index is -0.150. The van der Waals surface area contributed by atoms with Crippen molar-refractivity contribution in [3.63, 3.8) is 0 Å². The number of nitrogens with one attached hydrogen (secondary N) is 1. The summed E-state index contributed by atoms with van der Waals surface area (Å²) in [5.41, 5.74) is 0.763. The van der Waals surface area contributed by atoms with Crippen LogP contribution < -0.4 is 5.69 Å². The Labute approximate surface area is 125 Å². The number of thioether (sulfide) groups is 1. The number of H-pyrrole nitrogens is 1. The monoisotopic (exact) mass is 304 g/mol. The van der Waals surface area contributed by atoms with Crippen LogP contribution in [0.3, 0.4) is 0 Å². The molecular formula is C13H16N6OS. The summed E-state index contributed by atoms with van der Waals surface area (Å²) in [6, 6.07) is 1.86.